The highest BCUT2D eigenvalue weighted by Crippen LogP contribution is 2.54. The van der Waals surface area contributed by atoms with Gasteiger partial charge in [0.1, 0.15) is 0 Å². The van der Waals surface area contributed by atoms with Crippen molar-refractivity contribution in [3.63, 3.8) is 0 Å². The summed E-state index contributed by atoms with van der Waals surface area (Å²) in [5, 5.41) is 0. The zero-order valence-electron chi connectivity index (χ0n) is 20.0. The Morgan fingerprint density at radius 3 is 1.81 bits per heavy atom. The molecule has 0 spiro atoms. The minimum absolute atomic E-state index is 0.104. The highest BCUT2D eigenvalue weighted by Gasteiger charge is 2.48. The van der Waals surface area contributed by atoms with E-state index in [1.807, 2.05) is 19.2 Å². The first-order chi connectivity index (χ1) is 14.9. The monoisotopic (exact) mass is 549 g/mol. The van der Waals surface area contributed by atoms with Crippen molar-refractivity contribution in [2.75, 3.05) is 21.3 Å². The van der Waals surface area contributed by atoms with E-state index in [0.717, 1.165) is 44.5 Å². The van der Waals surface area contributed by atoms with E-state index >= 15 is 0 Å². The molecule has 1 heterocycles. The predicted octanol–water partition coefficient (Wildman–Crippen LogP) is 5.62. The van der Waals surface area contributed by atoms with E-state index in [2.05, 4.69) is 55.2 Å². The second-order valence-electron chi connectivity index (χ2n) is 10.8. The Morgan fingerprint density at radius 2 is 1.38 bits per heavy atom. The Labute approximate surface area is 204 Å². The first-order valence-electron chi connectivity index (χ1n) is 11.1. The molecule has 0 fully saturated rings. The van der Waals surface area contributed by atoms with Gasteiger partial charge in [-0.3, -0.25) is 9.59 Å². The van der Waals surface area contributed by atoms with Gasteiger partial charge in [-0.05, 0) is 64.0 Å². The molecule has 4 rings (SSSR count). The number of nitrogens with zero attached hydrogens (tertiary/aromatic N) is 1. The standard InChI is InChI=1S/C26H32INO4/c1-25(2)10-16-22(18(29)12-25)21(14-8-15(27)24(32-7)20(9-14)31-6)23-17(28(16)5)11-26(3,4)13-19(23)30/h8-9,21H,10-13H2,1-7H3. The van der Waals surface area contributed by atoms with Crippen molar-refractivity contribution < 1.29 is 19.1 Å². The Balaban J connectivity index is 2.00. The largest absolute Gasteiger partial charge is 0.493 e. The third-order valence-electron chi connectivity index (χ3n) is 6.97. The fourth-order valence-corrected chi connectivity index (χ4v) is 6.45. The summed E-state index contributed by atoms with van der Waals surface area (Å²) < 4.78 is 12.1. The maximum atomic E-state index is 13.6. The number of rotatable bonds is 3. The molecule has 0 saturated heterocycles. The van der Waals surface area contributed by atoms with Crippen LogP contribution in [-0.2, 0) is 9.59 Å². The van der Waals surface area contributed by atoms with Crippen LogP contribution in [0.3, 0.4) is 0 Å². The summed E-state index contributed by atoms with van der Waals surface area (Å²) in [6.45, 7) is 8.60. The quantitative estimate of drug-likeness (QED) is 0.458. The fourth-order valence-electron chi connectivity index (χ4n) is 5.60. The summed E-state index contributed by atoms with van der Waals surface area (Å²) in [6.07, 6.45) is 2.61. The lowest BCUT2D eigenvalue weighted by Gasteiger charge is -2.48. The number of hydrogen-bond donors (Lipinski definition) is 0. The summed E-state index contributed by atoms with van der Waals surface area (Å²) in [4.78, 5) is 29.3. The number of carbonyl (C=O) groups is 2. The predicted molar refractivity (Wildman–Crippen MR) is 133 cm³/mol. The van der Waals surface area contributed by atoms with Crippen molar-refractivity contribution in [3.05, 3.63) is 43.8 Å². The molecule has 172 valence electrons. The van der Waals surface area contributed by atoms with Gasteiger partial charge in [-0.1, -0.05) is 27.7 Å². The molecule has 1 aromatic carbocycles. The van der Waals surface area contributed by atoms with E-state index in [9.17, 15) is 9.59 Å². The number of hydrogen-bond acceptors (Lipinski definition) is 5. The number of carbonyl (C=O) groups excluding carboxylic acids is 2. The minimum atomic E-state index is -0.364. The summed E-state index contributed by atoms with van der Waals surface area (Å²) in [7, 11) is 5.27. The molecular formula is C26H32INO4. The van der Waals surface area contributed by atoms with Crippen LogP contribution in [0.15, 0.2) is 34.7 Å². The second kappa shape index (κ2) is 7.89. The molecule has 2 aliphatic carbocycles. The van der Waals surface area contributed by atoms with Gasteiger partial charge in [-0.2, -0.15) is 0 Å². The summed E-state index contributed by atoms with van der Waals surface area (Å²) in [5.41, 5.74) is 4.39. The number of halogens is 1. The first-order valence-corrected chi connectivity index (χ1v) is 12.1. The zero-order chi connectivity index (χ0) is 23.6. The molecule has 0 bridgehead atoms. The molecule has 0 radical (unpaired) electrons. The Bertz CT molecular complexity index is 1030. The normalized spacial score (nSPS) is 22.7. The maximum absolute atomic E-state index is 13.6. The smallest absolute Gasteiger partial charge is 0.174 e. The number of ether oxygens (including phenoxy) is 2. The molecule has 0 aromatic heterocycles. The Kier molecular flexibility index (Phi) is 5.75. The second-order valence-corrected chi connectivity index (χ2v) is 12.0. The molecule has 0 saturated carbocycles. The van der Waals surface area contributed by atoms with Crippen molar-refractivity contribution in [1.82, 2.24) is 4.90 Å². The molecule has 0 amide bonds. The third kappa shape index (κ3) is 3.78. The van der Waals surface area contributed by atoms with Gasteiger partial charge in [-0.25, -0.2) is 0 Å². The van der Waals surface area contributed by atoms with Gasteiger partial charge >= 0.3 is 0 Å². The fraction of sp³-hybridized carbons (Fsp3) is 0.538. The molecule has 0 unspecified atom stereocenters. The van der Waals surface area contributed by atoms with Crippen molar-refractivity contribution in [2.24, 2.45) is 10.8 Å². The maximum Gasteiger partial charge on any atom is 0.174 e. The van der Waals surface area contributed by atoms with Crippen LogP contribution in [0.1, 0.15) is 64.9 Å². The van der Waals surface area contributed by atoms with Crippen molar-refractivity contribution in [3.8, 4) is 11.5 Å². The average molecular weight is 549 g/mol. The topological polar surface area (TPSA) is 55.8 Å². The van der Waals surface area contributed by atoms with E-state index in [1.54, 1.807) is 14.2 Å². The highest BCUT2D eigenvalue weighted by atomic mass is 127. The molecule has 3 aliphatic rings. The lowest BCUT2D eigenvalue weighted by atomic mass is 9.64. The van der Waals surface area contributed by atoms with Crippen LogP contribution < -0.4 is 9.47 Å². The zero-order valence-corrected chi connectivity index (χ0v) is 22.2. The van der Waals surface area contributed by atoms with Crippen molar-refractivity contribution in [2.45, 2.75) is 59.3 Å². The number of Topliss-reactive ketones (excluding diaryl/α,β-unsaturated/α-hetero) is 2. The van der Waals surface area contributed by atoms with Crippen LogP contribution in [0.4, 0.5) is 0 Å². The molecule has 1 aliphatic heterocycles. The molecule has 0 N–H and O–H groups in total. The van der Waals surface area contributed by atoms with E-state index in [0.29, 0.717) is 24.3 Å². The number of ketones is 2. The number of allylic oxidation sites excluding steroid dienone is 4. The molecule has 32 heavy (non-hydrogen) atoms. The molecule has 5 nitrogen and oxygen atoms in total. The van der Waals surface area contributed by atoms with E-state index in [1.165, 1.54) is 0 Å². The molecule has 1 aromatic rings. The van der Waals surface area contributed by atoms with Crippen LogP contribution in [0, 0.1) is 14.4 Å². The Hall–Kier alpha value is -1.83. The van der Waals surface area contributed by atoms with Crippen LogP contribution in [-0.4, -0.2) is 37.7 Å². The van der Waals surface area contributed by atoms with Gasteiger partial charge in [0.25, 0.3) is 0 Å². The highest BCUT2D eigenvalue weighted by molar-refractivity contribution is 14.1. The van der Waals surface area contributed by atoms with Gasteiger partial charge in [-0.15, -0.1) is 0 Å². The lowest BCUT2D eigenvalue weighted by Crippen LogP contribution is -2.43. The van der Waals surface area contributed by atoms with Gasteiger partial charge in [0.15, 0.2) is 23.1 Å². The van der Waals surface area contributed by atoms with Crippen molar-refractivity contribution >= 4 is 34.2 Å². The van der Waals surface area contributed by atoms with Gasteiger partial charge < -0.3 is 14.4 Å². The third-order valence-corrected chi connectivity index (χ3v) is 7.77. The summed E-state index contributed by atoms with van der Waals surface area (Å²) >= 11 is 2.23. The summed E-state index contributed by atoms with van der Waals surface area (Å²) in [5.74, 6) is 1.20. The Morgan fingerprint density at radius 1 is 0.875 bits per heavy atom. The average Bonchev–Trinajstić information content (AvgIpc) is 2.67. The molecular weight excluding hydrogens is 517 g/mol. The number of methoxy groups -OCH3 is 2. The van der Waals surface area contributed by atoms with Crippen molar-refractivity contribution in [1.29, 1.82) is 0 Å². The van der Waals surface area contributed by atoms with Gasteiger partial charge in [0, 0.05) is 48.3 Å². The minimum Gasteiger partial charge on any atom is -0.493 e. The molecule has 6 heteroatoms. The van der Waals surface area contributed by atoms with Gasteiger partial charge in [0.05, 0.1) is 17.8 Å². The number of benzene rings is 1. The first kappa shape index (κ1) is 23.3. The summed E-state index contributed by atoms with van der Waals surface area (Å²) in [6, 6.07) is 3.97. The van der Waals surface area contributed by atoms with Crippen LogP contribution in [0.2, 0.25) is 0 Å². The van der Waals surface area contributed by atoms with E-state index < -0.39 is 0 Å². The molecule has 0 atom stereocenters. The van der Waals surface area contributed by atoms with Crippen LogP contribution >= 0.6 is 22.6 Å². The van der Waals surface area contributed by atoms with Crippen LogP contribution in [0.25, 0.3) is 0 Å². The SMILES string of the molecule is COc1cc(C2C3=C(CC(C)(C)CC3=O)N(C)C3=C2C(=O)CC(C)(C)C3)cc(I)c1OC. The van der Waals surface area contributed by atoms with Crippen LogP contribution in [0.5, 0.6) is 11.5 Å². The van der Waals surface area contributed by atoms with E-state index in [4.69, 9.17) is 9.47 Å². The van der Waals surface area contributed by atoms with Gasteiger partial charge in [0.2, 0.25) is 0 Å². The lowest BCUT2D eigenvalue weighted by molar-refractivity contribution is -0.119. The van der Waals surface area contributed by atoms with E-state index in [-0.39, 0.29) is 28.3 Å².